The zero-order valence-electron chi connectivity index (χ0n) is 15.2. The summed E-state index contributed by atoms with van der Waals surface area (Å²) in [6.07, 6.45) is 7.13. The number of aromatic hydroxyl groups is 1. The molecular weight excluding hydrogens is 326 g/mol. The molecular formula is C22H27NO3. The summed E-state index contributed by atoms with van der Waals surface area (Å²) in [7, 11) is 0. The minimum atomic E-state index is -0.785. The summed E-state index contributed by atoms with van der Waals surface area (Å²) in [6, 6.07) is 3.97. The Bertz CT molecular complexity index is 816. The molecule has 0 aromatic heterocycles. The first-order chi connectivity index (χ1) is 12.5. The average Bonchev–Trinajstić information content (AvgIpc) is 3.37. The molecule has 0 radical (unpaired) electrons. The van der Waals surface area contributed by atoms with Crippen molar-refractivity contribution in [3.63, 3.8) is 0 Å². The molecule has 2 unspecified atom stereocenters. The highest BCUT2D eigenvalue weighted by Crippen LogP contribution is 2.66. The van der Waals surface area contributed by atoms with Crippen molar-refractivity contribution in [1.29, 1.82) is 0 Å². The van der Waals surface area contributed by atoms with Gasteiger partial charge in [-0.25, -0.2) is 0 Å². The normalized spacial score (nSPS) is 40.3. The van der Waals surface area contributed by atoms with Crippen molar-refractivity contribution < 1.29 is 14.9 Å². The van der Waals surface area contributed by atoms with Crippen LogP contribution in [0.25, 0.3) is 0 Å². The summed E-state index contributed by atoms with van der Waals surface area (Å²) in [5.74, 6) is 1.73. The van der Waals surface area contributed by atoms with Gasteiger partial charge in [0.05, 0.1) is 11.0 Å². The summed E-state index contributed by atoms with van der Waals surface area (Å²) in [4.78, 5) is 2.56. The summed E-state index contributed by atoms with van der Waals surface area (Å²) >= 11 is 0. The van der Waals surface area contributed by atoms with E-state index in [1.165, 1.54) is 24.8 Å². The second-order valence-corrected chi connectivity index (χ2v) is 9.24. The number of piperidine rings is 1. The number of hydrogen-bond donors (Lipinski definition) is 2. The van der Waals surface area contributed by atoms with Gasteiger partial charge in [-0.1, -0.05) is 25.5 Å². The van der Waals surface area contributed by atoms with Crippen molar-refractivity contribution in [2.45, 2.75) is 68.1 Å². The number of rotatable bonds is 3. The van der Waals surface area contributed by atoms with Gasteiger partial charge in [0, 0.05) is 11.6 Å². The Labute approximate surface area is 154 Å². The third-order valence-corrected chi connectivity index (χ3v) is 8.04. The topological polar surface area (TPSA) is 52.9 Å². The predicted molar refractivity (Wildman–Crippen MR) is 98.5 cm³/mol. The van der Waals surface area contributed by atoms with Gasteiger partial charge in [-0.15, -0.1) is 0 Å². The molecule has 1 spiro atoms. The Kier molecular flexibility index (Phi) is 2.89. The lowest BCUT2D eigenvalue weighted by Crippen LogP contribution is -2.75. The Balaban J connectivity index is 1.51. The van der Waals surface area contributed by atoms with E-state index in [2.05, 4.69) is 17.5 Å². The number of ether oxygens (including phenoxy) is 1. The molecule has 5 aliphatic rings. The smallest absolute Gasteiger partial charge is 0.166 e. The molecule has 1 saturated heterocycles. The van der Waals surface area contributed by atoms with Crippen LogP contribution in [0.4, 0.5) is 0 Å². The largest absolute Gasteiger partial charge is 0.504 e. The Morgan fingerprint density at radius 3 is 2.92 bits per heavy atom. The molecule has 138 valence electrons. The molecule has 2 saturated carbocycles. The fourth-order valence-electron chi connectivity index (χ4n) is 6.56. The minimum Gasteiger partial charge on any atom is -0.504 e. The molecule has 3 fully saturated rings. The summed E-state index contributed by atoms with van der Waals surface area (Å²) < 4.78 is 6.30. The third-order valence-electron chi connectivity index (χ3n) is 8.04. The van der Waals surface area contributed by atoms with Gasteiger partial charge in [-0.05, 0) is 68.3 Å². The second-order valence-electron chi connectivity index (χ2n) is 9.24. The van der Waals surface area contributed by atoms with Gasteiger partial charge in [0.2, 0.25) is 0 Å². The lowest BCUT2D eigenvalue weighted by molar-refractivity contribution is -0.174. The van der Waals surface area contributed by atoms with Crippen LogP contribution in [-0.2, 0) is 11.8 Å². The van der Waals surface area contributed by atoms with Gasteiger partial charge in [-0.3, -0.25) is 4.90 Å². The lowest BCUT2D eigenvalue weighted by atomic mass is 9.48. The molecule has 0 amide bonds. The van der Waals surface area contributed by atoms with E-state index in [1.54, 1.807) is 6.07 Å². The van der Waals surface area contributed by atoms with Crippen molar-refractivity contribution >= 4 is 0 Å². The van der Waals surface area contributed by atoms with Gasteiger partial charge >= 0.3 is 0 Å². The van der Waals surface area contributed by atoms with Crippen molar-refractivity contribution in [3.8, 4) is 11.5 Å². The van der Waals surface area contributed by atoms with Crippen LogP contribution in [0.15, 0.2) is 24.3 Å². The van der Waals surface area contributed by atoms with E-state index in [4.69, 9.17) is 4.74 Å². The molecule has 2 bridgehead atoms. The van der Waals surface area contributed by atoms with Crippen LogP contribution in [0.1, 0.15) is 49.7 Å². The van der Waals surface area contributed by atoms with Crippen molar-refractivity contribution in [3.05, 3.63) is 35.4 Å². The number of nitrogens with zero attached hydrogens (tertiary/aromatic N) is 1. The molecule has 2 heterocycles. The maximum atomic E-state index is 12.1. The maximum Gasteiger partial charge on any atom is 0.166 e. The van der Waals surface area contributed by atoms with E-state index in [1.807, 2.05) is 0 Å². The molecule has 2 N–H and O–H groups in total. The molecule has 4 heteroatoms. The van der Waals surface area contributed by atoms with Gasteiger partial charge < -0.3 is 14.9 Å². The highest BCUT2D eigenvalue weighted by atomic mass is 16.5. The summed E-state index contributed by atoms with van der Waals surface area (Å²) in [6.45, 7) is 6.39. The van der Waals surface area contributed by atoms with Crippen LogP contribution in [0.3, 0.4) is 0 Å². The van der Waals surface area contributed by atoms with Crippen molar-refractivity contribution in [2.24, 2.45) is 5.92 Å². The van der Waals surface area contributed by atoms with Gasteiger partial charge in [0.15, 0.2) is 11.5 Å². The summed E-state index contributed by atoms with van der Waals surface area (Å²) in [5.41, 5.74) is 2.20. The predicted octanol–water partition coefficient (Wildman–Crippen LogP) is 2.90. The number of phenolic OH excluding ortho intramolecular Hbond substituents is 1. The van der Waals surface area contributed by atoms with Crippen molar-refractivity contribution in [2.75, 3.05) is 13.1 Å². The monoisotopic (exact) mass is 353 g/mol. The standard InChI is InChI=1S/C22H27NO3/c1-13-6-8-22(25)17-12-15-4-5-16(24)19-18(15)21(22,20(13)26-19)9-11-23(17)10-7-14-2-3-14/h4-5,14,17,20,24-25H,1-3,6-12H2/t17-,20?,21?,22-/m1/s1. The number of hydrogen-bond acceptors (Lipinski definition) is 4. The van der Waals surface area contributed by atoms with Gasteiger partial charge in [-0.2, -0.15) is 0 Å². The number of likely N-dealkylation sites (tertiary alicyclic amines) is 1. The molecule has 26 heavy (non-hydrogen) atoms. The SMILES string of the molecule is C=C1CC[C@@]2(O)[C@H]3Cc4ccc(O)c5c4C2(CCN3CCC2CC2)C1O5. The molecule has 1 aromatic rings. The molecule has 4 atom stereocenters. The Hall–Kier alpha value is -1.52. The van der Waals surface area contributed by atoms with E-state index in [9.17, 15) is 10.2 Å². The van der Waals surface area contributed by atoms with Crippen LogP contribution in [0.2, 0.25) is 0 Å². The first kappa shape index (κ1) is 15.5. The highest BCUT2D eigenvalue weighted by Gasteiger charge is 2.71. The van der Waals surface area contributed by atoms with Gasteiger partial charge in [0.1, 0.15) is 6.10 Å². The molecule has 6 rings (SSSR count). The van der Waals surface area contributed by atoms with Crippen LogP contribution in [0.5, 0.6) is 11.5 Å². The number of phenols is 1. The molecule has 4 nitrogen and oxygen atoms in total. The maximum absolute atomic E-state index is 12.1. The first-order valence-electron chi connectivity index (χ1n) is 10.2. The molecule has 3 aliphatic carbocycles. The Morgan fingerprint density at radius 2 is 2.12 bits per heavy atom. The molecule has 2 aliphatic heterocycles. The van der Waals surface area contributed by atoms with E-state index in [-0.39, 0.29) is 17.9 Å². The first-order valence-corrected chi connectivity index (χ1v) is 10.2. The number of aliphatic hydroxyl groups is 1. The zero-order valence-corrected chi connectivity index (χ0v) is 15.2. The quantitative estimate of drug-likeness (QED) is 0.821. The van der Waals surface area contributed by atoms with Crippen LogP contribution in [-0.4, -0.2) is 45.9 Å². The lowest BCUT2D eigenvalue weighted by Gasteiger charge is -2.63. The fraction of sp³-hybridized carbons (Fsp3) is 0.636. The highest BCUT2D eigenvalue weighted by molar-refractivity contribution is 5.63. The van der Waals surface area contributed by atoms with E-state index in [0.29, 0.717) is 5.75 Å². The fourth-order valence-corrected chi connectivity index (χ4v) is 6.56. The van der Waals surface area contributed by atoms with Crippen LogP contribution in [0, 0.1) is 5.92 Å². The van der Waals surface area contributed by atoms with Crippen LogP contribution >= 0.6 is 0 Å². The van der Waals surface area contributed by atoms with Crippen LogP contribution < -0.4 is 4.74 Å². The zero-order chi connectivity index (χ0) is 17.7. The second kappa shape index (κ2) is 4.85. The summed E-state index contributed by atoms with van der Waals surface area (Å²) in [5, 5.41) is 22.6. The third kappa shape index (κ3) is 1.68. The molecule has 1 aromatic carbocycles. The van der Waals surface area contributed by atoms with Gasteiger partial charge in [0.25, 0.3) is 0 Å². The minimum absolute atomic E-state index is 0.150. The van der Waals surface area contributed by atoms with Crippen molar-refractivity contribution in [1.82, 2.24) is 4.90 Å². The Morgan fingerprint density at radius 1 is 1.27 bits per heavy atom. The van der Waals surface area contributed by atoms with E-state index < -0.39 is 11.0 Å². The van der Waals surface area contributed by atoms with E-state index >= 15 is 0 Å². The van der Waals surface area contributed by atoms with E-state index in [0.717, 1.165) is 55.8 Å². The number of benzene rings is 1. The average molecular weight is 353 g/mol.